The Hall–Kier alpha value is -1.38. The number of hydrogen-bond acceptors (Lipinski definition) is 4. The molecule has 8 heteroatoms. The summed E-state index contributed by atoms with van der Waals surface area (Å²) in [5, 5.41) is 0. The van der Waals surface area contributed by atoms with E-state index in [1.165, 1.54) is 12.1 Å². The van der Waals surface area contributed by atoms with Gasteiger partial charge in [0.2, 0.25) is 0 Å². The number of aryl methyl sites for hydroxylation is 1. The van der Waals surface area contributed by atoms with Crippen LogP contribution in [0.15, 0.2) is 38.3 Å². The molecule has 1 aromatic carbocycles. The molecule has 0 saturated heterocycles. The summed E-state index contributed by atoms with van der Waals surface area (Å²) in [6.45, 7) is 1.80. The van der Waals surface area contributed by atoms with E-state index in [9.17, 15) is 13.2 Å². The Kier molecular flexibility index (Phi) is 4.17. The summed E-state index contributed by atoms with van der Waals surface area (Å²) in [4.78, 5) is 11.3. The van der Waals surface area contributed by atoms with Crippen LogP contribution in [-0.4, -0.2) is 14.3 Å². The third-order valence-corrected chi connectivity index (χ3v) is 6.51. The van der Waals surface area contributed by atoms with Crippen LogP contribution in [0, 0.1) is 6.92 Å². The van der Waals surface area contributed by atoms with Gasteiger partial charge in [-0.25, -0.2) is 8.42 Å². The Morgan fingerprint density at radius 1 is 1.35 bits per heavy atom. The molecule has 0 aliphatic rings. The lowest BCUT2D eigenvalue weighted by atomic mass is 10.2. The molecule has 2 aromatic rings. The zero-order chi connectivity index (χ0) is 14.9. The molecule has 0 aliphatic heterocycles. The van der Waals surface area contributed by atoms with Gasteiger partial charge in [0, 0.05) is 0 Å². The summed E-state index contributed by atoms with van der Waals surface area (Å²) in [6.07, 6.45) is 0. The summed E-state index contributed by atoms with van der Waals surface area (Å²) in [6, 6.07) is 7.76. The Balaban J connectivity index is 2.41. The number of rotatable bonds is 4. The number of benzene rings is 1. The molecule has 0 spiro atoms. The highest BCUT2D eigenvalue weighted by molar-refractivity contribution is 9.11. The van der Waals surface area contributed by atoms with Crippen molar-refractivity contribution in [1.82, 2.24) is 0 Å². The van der Waals surface area contributed by atoms with Gasteiger partial charge in [0.25, 0.3) is 15.9 Å². The molecule has 106 valence electrons. The fraction of sp³-hybridized carbons (Fsp3) is 0.0833. The summed E-state index contributed by atoms with van der Waals surface area (Å²) in [7, 11) is -3.74. The largest absolute Gasteiger partial charge is 0.366 e. The van der Waals surface area contributed by atoms with Crippen LogP contribution in [0.1, 0.15) is 15.9 Å². The molecule has 5 nitrogen and oxygen atoms in total. The van der Waals surface area contributed by atoms with Gasteiger partial charge >= 0.3 is 0 Å². The summed E-state index contributed by atoms with van der Waals surface area (Å²) in [5.74, 6) is -0.688. The number of amides is 1. The smallest absolute Gasteiger partial charge is 0.271 e. The molecule has 0 fully saturated rings. The maximum absolute atomic E-state index is 12.3. The van der Waals surface area contributed by atoms with Gasteiger partial charge < -0.3 is 5.73 Å². The number of sulfonamides is 1. The zero-order valence-electron chi connectivity index (χ0n) is 10.4. The molecule has 0 radical (unpaired) electrons. The van der Waals surface area contributed by atoms with Crippen molar-refractivity contribution >= 4 is 48.9 Å². The van der Waals surface area contributed by atoms with Crippen molar-refractivity contribution < 1.29 is 13.2 Å². The van der Waals surface area contributed by atoms with Crippen LogP contribution in [-0.2, 0) is 10.0 Å². The van der Waals surface area contributed by atoms with E-state index in [1.54, 1.807) is 25.1 Å². The Bertz CT molecular complexity index is 749. The molecule has 0 bridgehead atoms. The Labute approximate surface area is 129 Å². The highest BCUT2D eigenvalue weighted by Gasteiger charge is 2.20. The number of para-hydroxylation sites is 1. The van der Waals surface area contributed by atoms with Gasteiger partial charge in [-0.15, -0.1) is 11.3 Å². The van der Waals surface area contributed by atoms with Crippen molar-refractivity contribution in [2.75, 3.05) is 4.72 Å². The van der Waals surface area contributed by atoms with E-state index in [0.717, 1.165) is 20.7 Å². The standard InChI is InChI=1S/C12H11BrN2O3S2/c1-7-6-10(19-11(7)13)20(17,18)15-9-5-3-2-4-8(9)12(14)16/h2-6,15H,1H3,(H2,14,16). The average Bonchev–Trinajstić information content (AvgIpc) is 2.70. The lowest BCUT2D eigenvalue weighted by Gasteiger charge is -2.09. The van der Waals surface area contributed by atoms with Gasteiger partial charge in [-0.2, -0.15) is 0 Å². The molecule has 1 heterocycles. The van der Waals surface area contributed by atoms with Crippen molar-refractivity contribution in [2.24, 2.45) is 5.73 Å². The third kappa shape index (κ3) is 3.02. The van der Waals surface area contributed by atoms with E-state index in [-0.39, 0.29) is 15.5 Å². The number of carbonyl (C=O) groups excluding carboxylic acids is 1. The first kappa shape index (κ1) is 15.0. The Morgan fingerprint density at radius 2 is 2.00 bits per heavy atom. The first-order chi connectivity index (χ1) is 9.31. The molecule has 0 unspecified atom stereocenters. The molecule has 1 amide bonds. The minimum atomic E-state index is -3.74. The van der Waals surface area contributed by atoms with Crippen LogP contribution >= 0.6 is 27.3 Å². The minimum absolute atomic E-state index is 0.128. The number of thiophene rings is 1. The number of nitrogens with two attached hydrogens (primary N) is 1. The van der Waals surface area contributed by atoms with Crippen LogP contribution in [0.25, 0.3) is 0 Å². The van der Waals surface area contributed by atoms with Gasteiger partial charge in [-0.3, -0.25) is 9.52 Å². The molecule has 0 atom stereocenters. The first-order valence-electron chi connectivity index (χ1n) is 5.49. The molecular formula is C12H11BrN2O3S2. The lowest BCUT2D eigenvalue weighted by molar-refractivity contribution is 0.100. The van der Waals surface area contributed by atoms with Gasteiger partial charge in [0.05, 0.1) is 15.0 Å². The monoisotopic (exact) mass is 374 g/mol. The van der Waals surface area contributed by atoms with Gasteiger partial charge in [0.1, 0.15) is 4.21 Å². The van der Waals surface area contributed by atoms with E-state index >= 15 is 0 Å². The van der Waals surface area contributed by atoms with Crippen molar-refractivity contribution in [3.05, 3.63) is 45.2 Å². The second-order valence-electron chi connectivity index (χ2n) is 4.04. The third-order valence-electron chi connectivity index (χ3n) is 2.54. The van der Waals surface area contributed by atoms with E-state index < -0.39 is 15.9 Å². The first-order valence-corrected chi connectivity index (χ1v) is 8.58. The predicted molar refractivity (Wildman–Crippen MR) is 82.5 cm³/mol. The maximum atomic E-state index is 12.3. The highest BCUT2D eigenvalue weighted by Crippen LogP contribution is 2.31. The van der Waals surface area contributed by atoms with Crippen LogP contribution in [0.4, 0.5) is 5.69 Å². The van der Waals surface area contributed by atoms with Crippen molar-refractivity contribution in [3.63, 3.8) is 0 Å². The van der Waals surface area contributed by atoms with Crippen LogP contribution in [0.5, 0.6) is 0 Å². The second kappa shape index (κ2) is 5.55. The minimum Gasteiger partial charge on any atom is -0.366 e. The van der Waals surface area contributed by atoms with Crippen molar-refractivity contribution in [3.8, 4) is 0 Å². The van der Waals surface area contributed by atoms with E-state index in [0.29, 0.717) is 0 Å². The molecule has 0 saturated carbocycles. The van der Waals surface area contributed by atoms with E-state index in [4.69, 9.17) is 5.73 Å². The normalized spacial score (nSPS) is 11.3. The number of carbonyl (C=O) groups is 1. The van der Waals surface area contributed by atoms with Crippen LogP contribution < -0.4 is 10.5 Å². The van der Waals surface area contributed by atoms with Gasteiger partial charge in [0.15, 0.2) is 0 Å². The van der Waals surface area contributed by atoms with Crippen molar-refractivity contribution in [1.29, 1.82) is 0 Å². The summed E-state index contributed by atoms with van der Waals surface area (Å²) in [5.41, 5.74) is 6.35. The second-order valence-corrected chi connectivity index (χ2v) is 8.32. The number of halogens is 1. The summed E-state index contributed by atoms with van der Waals surface area (Å²) < 4.78 is 27.8. The zero-order valence-corrected chi connectivity index (χ0v) is 13.6. The fourth-order valence-corrected chi connectivity index (χ4v) is 4.85. The number of primary amides is 1. The molecule has 20 heavy (non-hydrogen) atoms. The van der Waals surface area contributed by atoms with E-state index in [2.05, 4.69) is 20.7 Å². The fourth-order valence-electron chi connectivity index (χ4n) is 1.55. The molecule has 3 N–H and O–H groups in total. The van der Waals surface area contributed by atoms with Gasteiger partial charge in [-0.05, 0) is 46.6 Å². The topological polar surface area (TPSA) is 89.3 Å². The molecule has 1 aromatic heterocycles. The molecule has 2 rings (SSSR count). The van der Waals surface area contributed by atoms with Crippen molar-refractivity contribution in [2.45, 2.75) is 11.1 Å². The SMILES string of the molecule is Cc1cc(S(=O)(=O)Nc2ccccc2C(N)=O)sc1Br. The maximum Gasteiger partial charge on any atom is 0.271 e. The number of anilines is 1. The van der Waals surface area contributed by atoms with Crippen LogP contribution in [0.2, 0.25) is 0 Å². The lowest BCUT2D eigenvalue weighted by Crippen LogP contribution is -2.18. The predicted octanol–water partition coefficient (Wildman–Crippen LogP) is 2.72. The molecular weight excluding hydrogens is 364 g/mol. The number of hydrogen-bond donors (Lipinski definition) is 2. The molecule has 0 aliphatic carbocycles. The van der Waals surface area contributed by atoms with Crippen LogP contribution in [0.3, 0.4) is 0 Å². The Morgan fingerprint density at radius 3 is 2.55 bits per heavy atom. The summed E-state index contributed by atoms with van der Waals surface area (Å²) >= 11 is 4.39. The quantitative estimate of drug-likeness (QED) is 0.861. The average molecular weight is 375 g/mol. The number of nitrogens with one attached hydrogen (secondary N) is 1. The van der Waals surface area contributed by atoms with Gasteiger partial charge in [-0.1, -0.05) is 12.1 Å². The highest BCUT2D eigenvalue weighted by atomic mass is 79.9. The van der Waals surface area contributed by atoms with E-state index in [1.807, 2.05) is 0 Å².